The Morgan fingerprint density at radius 1 is 1.20 bits per heavy atom. The smallest absolute Gasteiger partial charge is 0.0406 e. The van der Waals surface area contributed by atoms with Crippen molar-refractivity contribution in [3.05, 3.63) is 42.5 Å². The number of hydrogen-bond donors (Lipinski definition) is 0. The summed E-state index contributed by atoms with van der Waals surface area (Å²) in [5.41, 5.74) is 0.985. The molecule has 0 aliphatic heterocycles. The van der Waals surface area contributed by atoms with Crippen LogP contribution in [-0.2, 0) is 0 Å². The van der Waals surface area contributed by atoms with Crippen molar-refractivity contribution in [2.75, 3.05) is 0 Å². The van der Waals surface area contributed by atoms with E-state index in [1.54, 1.807) is 0 Å². The minimum absolute atomic E-state index is 0. The summed E-state index contributed by atoms with van der Waals surface area (Å²) in [5, 5.41) is 0.593. The highest BCUT2D eigenvalue weighted by Gasteiger charge is 1.88. The van der Waals surface area contributed by atoms with Crippen LogP contribution in [0, 0.1) is 0 Å². The van der Waals surface area contributed by atoms with Gasteiger partial charge in [-0.15, -0.1) is 12.4 Å². The second-order valence-electron chi connectivity index (χ2n) is 1.77. The first-order chi connectivity index (χ1) is 4.30. The third kappa shape index (κ3) is 2.42. The fraction of sp³-hybridized carbons (Fsp3) is 0. The van der Waals surface area contributed by atoms with Gasteiger partial charge in [-0.05, 0) is 5.56 Å². The van der Waals surface area contributed by atoms with Crippen LogP contribution < -0.4 is 0 Å². The summed E-state index contributed by atoms with van der Waals surface area (Å²) in [6.07, 6.45) is 0. The molecule has 54 valence electrons. The Balaban J connectivity index is 0.000000810. The predicted molar refractivity (Wildman–Crippen MR) is 48.6 cm³/mol. The second kappa shape index (κ2) is 4.37. The lowest BCUT2D eigenvalue weighted by molar-refractivity contribution is 1.66. The Labute approximate surface area is 71.9 Å². The maximum Gasteiger partial charge on any atom is 0.0406 e. The van der Waals surface area contributed by atoms with Crippen LogP contribution in [0.5, 0.6) is 0 Å². The van der Waals surface area contributed by atoms with Crippen LogP contribution in [0.25, 0.3) is 5.03 Å². The van der Waals surface area contributed by atoms with E-state index in [-0.39, 0.29) is 12.4 Å². The first-order valence-corrected chi connectivity index (χ1v) is 3.08. The van der Waals surface area contributed by atoms with E-state index in [1.807, 2.05) is 30.3 Å². The van der Waals surface area contributed by atoms with Gasteiger partial charge in [0.15, 0.2) is 0 Å². The third-order valence-electron chi connectivity index (χ3n) is 1.09. The Hall–Kier alpha value is -0.460. The molecule has 0 fully saturated rings. The number of hydrogen-bond acceptors (Lipinski definition) is 0. The zero-order chi connectivity index (χ0) is 6.69. The van der Waals surface area contributed by atoms with Gasteiger partial charge < -0.3 is 0 Å². The van der Waals surface area contributed by atoms with Gasteiger partial charge in [-0.3, -0.25) is 0 Å². The summed E-state index contributed by atoms with van der Waals surface area (Å²) in [6.45, 7) is 3.59. The molecule has 0 amide bonds. The molecular formula is C8H8Cl2. The second-order valence-corrected chi connectivity index (χ2v) is 2.23. The summed E-state index contributed by atoms with van der Waals surface area (Å²) >= 11 is 5.61. The van der Waals surface area contributed by atoms with E-state index in [2.05, 4.69) is 6.58 Å². The topological polar surface area (TPSA) is 0 Å². The summed E-state index contributed by atoms with van der Waals surface area (Å²) in [5.74, 6) is 0. The van der Waals surface area contributed by atoms with Gasteiger partial charge in [0.05, 0.1) is 0 Å². The standard InChI is InChI=1S/C8H7Cl.ClH/c1-7(9)8-5-3-2-4-6-8;/h2-6H,1H2;1H. The molecular weight excluding hydrogens is 167 g/mol. The van der Waals surface area contributed by atoms with E-state index < -0.39 is 0 Å². The minimum Gasteiger partial charge on any atom is -0.147 e. The first-order valence-electron chi connectivity index (χ1n) is 2.70. The van der Waals surface area contributed by atoms with Gasteiger partial charge in [-0.1, -0.05) is 48.5 Å². The number of halogens is 2. The maximum absolute atomic E-state index is 5.61. The molecule has 0 atom stereocenters. The molecule has 0 aromatic heterocycles. The highest BCUT2D eigenvalue weighted by Crippen LogP contribution is 2.14. The van der Waals surface area contributed by atoms with Gasteiger partial charge >= 0.3 is 0 Å². The van der Waals surface area contributed by atoms with Gasteiger partial charge in [0.1, 0.15) is 0 Å². The lowest BCUT2D eigenvalue weighted by atomic mass is 10.2. The highest BCUT2D eigenvalue weighted by atomic mass is 35.5. The molecule has 0 unspecified atom stereocenters. The molecule has 0 spiro atoms. The Bertz CT molecular complexity index is 204. The van der Waals surface area contributed by atoms with Crippen molar-refractivity contribution in [3.8, 4) is 0 Å². The van der Waals surface area contributed by atoms with Crippen LogP contribution >= 0.6 is 24.0 Å². The van der Waals surface area contributed by atoms with Crippen molar-refractivity contribution in [2.45, 2.75) is 0 Å². The Morgan fingerprint density at radius 3 is 2.00 bits per heavy atom. The van der Waals surface area contributed by atoms with Crippen molar-refractivity contribution < 1.29 is 0 Å². The molecule has 0 bridgehead atoms. The van der Waals surface area contributed by atoms with Crippen LogP contribution in [0.2, 0.25) is 0 Å². The van der Waals surface area contributed by atoms with Crippen molar-refractivity contribution in [3.63, 3.8) is 0 Å². The Kier molecular flexibility index (Phi) is 4.17. The van der Waals surface area contributed by atoms with E-state index in [1.165, 1.54) is 0 Å². The zero-order valence-corrected chi connectivity index (χ0v) is 6.95. The maximum atomic E-state index is 5.61. The fourth-order valence-electron chi connectivity index (χ4n) is 0.619. The molecule has 0 aliphatic rings. The monoisotopic (exact) mass is 174 g/mol. The normalized spacial score (nSPS) is 8.10. The molecule has 0 saturated carbocycles. The molecule has 0 aliphatic carbocycles. The van der Waals surface area contributed by atoms with Crippen LogP contribution in [0.3, 0.4) is 0 Å². The van der Waals surface area contributed by atoms with Crippen molar-refractivity contribution >= 4 is 29.0 Å². The van der Waals surface area contributed by atoms with Gasteiger partial charge in [0.2, 0.25) is 0 Å². The van der Waals surface area contributed by atoms with E-state index in [0.29, 0.717) is 5.03 Å². The number of rotatable bonds is 1. The quantitative estimate of drug-likeness (QED) is 0.614. The summed E-state index contributed by atoms with van der Waals surface area (Å²) < 4.78 is 0. The molecule has 1 aromatic rings. The molecule has 1 rings (SSSR count). The van der Waals surface area contributed by atoms with E-state index in [9.17, 15) is 0 Å². The first kappa shape index (κ1) is 9.54. The van der Waals surface area contributed by atoms with Gasteiger partial charge in [0, 0.05) is 5.03 Å². The predicted octanol–water partition coefficient (Wildman–Crippen LogP) is 3.32. The van der Waals surface area contributed by atoms with Gasteiger partial charge in [-0.25, -0.2) is 0 Å². The highest BCUT2D eigenvalue weighted by molar-refractivity contribution is 6.48. The van der Waals surface area contributed by atoms with E-state index >= 15 is 0 Å². The average Bonchev–Trinajstić information content (AvgIpc) is 1.90. The Morgan fingerprint density at radius 2 is 1.70 bits per heavy atom. The molecule has 0 nitrogen and oxygen atoms in total. The summed E-state index contributed by atoms with van der Waals surface area (Å²) in [6, 6.07) is 9.67. The molecule has 10 heavy (non-hydrogen) atoms. The fourth-order valence-corrected chi connectivity index (χ4v) is 0.745. The average molecular weight is 175 g/mol. The number of benzene rings is 1. The van der Waals surface area contributed by atoms with E-state index in [0.717, 1.165) is 5.56 Å². The van der Waals surface area contributed by atoms with Crippen molar-refractivity contribution in [1.29, 1.82) is 0 Å². The van der Waals surface area contributed by atoms with Crippen LogP contribution in [0.1, 0.15) is 5.56 Å². The third-order valence-corrected chi connectivity index (χ3v) is 1.31. The zero-order valence-electron chi connectivity index (χ0n) is 5.38. The largest absolute Gasteiger partial charge is 0.147 e. The van der Waals surface area contributed by atoms with Gasteiger partial charge in [-0.2, -0.15) is 0 Å². The molecule has 1 aromatic carbocycles. The summed E-state index contributed by atoms with van der Waals surface area (Å²) in [4.78, 5) is 0. The molecule has 0 saturated heterocycles. The van der Waals surface area contributed by atoms with Crippen LogP contribution in [0.4, 0.5) is 0 Å². The van der Waals surface area contributed by atoms with E-state index in [4.69, 9.17) is 11.6 Å². The van der Waals surface area contributed by atoms with Crippen LogP contribution in [0.15, 0.2) is 36.9 Å². The van der Waals surface area contributed by atoms with Crippen molar-refractivity contribution in [1.82, 2.24) is 0 Å². The molecule has 0 radical (unpaired) electrons. The lowest BCUT2D eigenvalue weighted by Gasteiger charge is -1.92. The molecule has 0 heterocycles. The SMILES string of the molecule is C=C(Cl)c1ccccc1.Cl. The minimum atomic E-state index is 0. The van der Waals surface area contributed by atoms with Crippen LogP contribution in [-0.4, -0.2) is 0 Å². The lowest BCUT2D eigenvalue weighted by Crippen LogP contribution is -1.70. The van der Waals surface area contributed by atoms with Gasteiger partial charge in [0.25, 0.3) is 0 Å². The summed E-state index contributed by atoms with van der Waals surface area (Å²) in [7, 11) is 0. The molecule has 0 N–H and O–H groups in total. The van der Waals surface area contributed by atoms with Crippen molar-refractivity contribution in [2.24, 2.45) is 0 Å². The molecule has 2 heteroatoms.